The molecule has 1 saturated carbocycles. The van der Waals surface area contributed by atoms with Crippen molar-refractivity contribution >= 4 is 28.2 Å². The van der Waals surface area contributed by atoms with Crippen molar-refractivity contribution in [2.24, 2.45) is 0 Å². The molecule has 0 radical (unpaired) electrons. The van der Waals surface area contributed by atoms with Crippen LogP contribution in [0.2, 0.25) is 0 Å². The van der Waals surface area contributed by atoms with Crippen molar-refractivity contribution in [2.75, 3.05) is 5.32 Å². The lowest BCUT2D eigenvalue weighted by atomic mass is 9.89. The molecule has 0 bridgehead atoms. The van der Waals surface area contributed by atoms with Gasteiger partial charge < -0.3 is 5.32 Å². The van der Waals surface area contributed by atoms with Crippen LogP contribution in [0.1, 0.15) is 90.2 Å². The predicted octanol–water partition coefficient (Wildman–Crippen LogP) is 5.07. The van der Waals surface area contributed by atoms with E-state index in [-0.39, 0.29) is 24.5 Å². The quantitative estimate of drug-likeness (QED) is 0.691. The minimum absolute atomic E-state index is 0.0312. The van der Waals surface area contributed by atoms with Crippen LogP contribution < -0.4 is 5.32 Å². The molecule has 1 N–H and O–H groups in total. The van der Waals surface area contributed by atoms with E-state index in [9.17, 15) is 9.59 Å². The first kappa shape index (κ1) is 19.2. The number of nitrogens with zero attached hydrogens (tertiary/aromatic N) is 2. The molecule has 4 rings (SSSR count). The van der Waals surface area contributed by atoms with Gasteiger partial charge in [0.1, 0.15) is 5.01 Å². The lowest BCUT2D eigenvalue weighted by molar-refractivity contribution is -0.116. The van der Waals surface area contributed by atoms with Crippen LogP contribution in [0.15, 0.2) is 18.2 Å². The van der Waals surface area contributed by atoms with E-state index >= 15 is 0 Å². The minimum atomic E-state index is -0.169. The molecule has 0 saturated heterocycles. The van der Waals surface area contributed by atoms with Crippen molar-refractivity contribution in [3.8, 4) is 0 Å². The molecular weight excluding hydrogens is 370 g/mol. The Morgan fingerprint density at radius 3 is 2.57 bits per heavy atom. The van der Waals surface area contributed by atoms with Gasteiger partial charge in [-0.25, -0.2) is 0 Å². The molecule has 1 aromatic carbocycles. The molecule has 1 amide bonds. The van der Waals surface area contributed by atoms with Gasteiger partial charge in [-0.2, -0.15) is 0 Å². The van der Waals surface area contributed by atoms with E-state index in [0.717, 1.165) is 36.3 Å². The van der Waals surface area contributed by atoms with Crippen LogP contribution in [0.25, 0.3) is 0 Å². The summed E-state index contributed by atoms with van der Waals surface area (Å²) in [6.45, 7) is 0. The number of aryl methyl sites for hydroxylation is 2. The van der Waals surface area contributed by atoms with Crippen LogP contribution in [0, 0.1) is 0 Å². The Kier molecular flexibility index (Phi) is 6.15. The topological polar surface area (TPSA) is 72.0 Å². The number of Topliss-reactive ketones (excluding diaryl/α,β-unsaturated/α-hetero) is 1. The molecule has 0 unspecified atom stereocenters. The van der Waals surface area contributed by atoms with Crippen molar-refractivity contribution in [3.05, 3.63) is 39.9 Å². The van der Waals surface area contributed by atoms with Gasteiger partial charge in [0.15, 0.2) is 5.78 Å². The number of benzene rings is 1. The van der Waals surface area contributed by atoms with Gasteiger partial charge in [-0.15, -0.1) is 10.2 Å². The number of aromatic nitrogens is 2. The SMILES string of the molecule is O=C(CCC(=O)c1ccc2c(c1)CCCC2)Nc1nnc(C2CCCCC2)s1. The lowest BCUT2D eigenvalue weighted by Gasteiger charge is -2.18. The average Bonchev–Trinajstić information content (AvgIpc) is 3.20. The number of fused-ring (bicyclic) bond motifs is 1. The number of hydrogen-bond donors (Lipinski definition) is 1. The van der Waals surface area contributed by atoms with Gasteiger partial charge in [0.2, 0.25) is 11.0 Å². The molecule has 0 aliphatic heterocycles. The van der Waals surface area contributed by atoms with Gasteiger partial charge in [0.05, 0.1) is 0 Å². The molecule has 2 aliphatic rings. The van der Waals surface area contributed by atoms with Gasteiger partial charge in [-0.05, 0) is 55.7 Å². The number of anilines is 1. The molecule has 1 fully saturated rings. The highest BCUT2D eigenvalue weighted by Gasteiger charge is 2.20. The maximum absolute atomic E-state index is 12.5. The first-order chi connectivity index (χ1) is 13.7. The number of nitrogens with one attached hydrogen (secondary N) is 1. The number of amides is 1. The van der Waals surface area contributed by atoms with Crippen LogP contribution in [-0.4, -0.2) is 21.9 Å². The van der Waals surface area contributed by atoms with E-state index in [1.165, 1.54) is 54.6 Å². The first-order valence-electron chi connectivity index (χ1n) is 10.5. The Morgan fingerprint density at radius 1 is 0.964 bits per heavy atom. The number of carbonyl (C=O) groups is 2. The van der Waals surface area contributed by atoms with Crippen molar-refractivity contribution in [1.82, 2.24) is 10.2 Å². The first-order valence-corrected chi connectivity index (χ1v) is 11.3. The number of ketones is 1. The molecule has 2 aromatic rings. The predicted molar refractivity (Wildman–Crippen MR) is 111 cm³/mol. The maximum Gasteiger partial charge on any atom is 0.226 e. The van der Waals surface area contributed by atoms with Gasteiger partial charge in [-0.1, -0.05) is 42.7 Å². The second-order valence-corrected chi connectivity index (χ2v) is 8.95. The van der Waals surface area contributed by atoms with Crippen molar-refractivity contribution in [2.45, 2.75) is 76.5 Å². The fraction of sp³-hybridized carbons (Fsp3) is 0.545. The third kappa shape index (κ3) is 4.66. The Morgan fingerprint density at radius 2 is 1.75 bits per heavy atom. The average molecular weight is 398 g/mol. The molecule has 1 aromatic heterocycles. The molecule has 5 nitrogen and oxygen atoms in total. The summed E-state index contributed by atoms with van der Waals surface area (Å²) in [5.41, 5.74) is 3.39. The summed E-state index contributed by atoms with van der Waals surface area (Å²) >= 11 is 1.47. The molecular formula is C22H27N3O2S. The summed E-state index contributed by atoms with van der Waals surface area (Å²) in [5, 5.41) is 12.8. The maximum atomic E-state index is 12.5. The van der Waals surface area contributed by atoms with E-state index in [4.69, 9.17) is 0 Å². The fourth-order valence-electron chi connectivity index (χ4n) is 4.26. The summed E-state index contributed by atoms with van der Waals surface area (Å²) < 4.78 is 0. The molecule has 148 valence electrons. The van der Waals surface area contributed by atoms with Crippen LogP contribution >= 0.6 is 11.3 Å². The highest BCUT2D eigenvalue weighted by molar-refractivity contribution is 7.15. The van der Waals surface area contributed by atoms with Crippen molar-refractivity contribution < 1.29 is 9.59 Å². The van der Waals surface area contributed by atoms with Gasteiger partial charge >= 0.3 is 0 Å². The molecule has 0 atom stereocenters. The zero-order valence-electron chi connectivity index (χ0n) is 16.2. The standard InChI is InChI=1S/C22H27N3O2S/c26-19(18-11-10-15-6-4-5-9-17(15)14-18)12-13-20(27)23-22-25-24-21(28-22)16-7-2-1-3-8-16/h10-11,14,16H,1-9,12-13H2,(H,23,25,27). The smallest absolute Gasteiger partial charge is 0.226 e. The minimum Gasteiger partial charge on any atom is -0.301 e. The summed E-state index contributed by atoms with van der Waals surface area (Å²) in [6, 6.07) is 6.01. The Balaban J connectivity index is 1.28. The third-order valence-electron chi connectivity index (χ3n) is 5.89. The number of rotatable bonds is 6. The number of carbonyl (C=O) groups excluding carboxylic acids is 2. The van der Waals surface area contributed by atoms with E-state index in [1.54, 1.807) is 0 Å². The third-order valence-corrected chi connectivity index (χ3v) is 6.89. The normalized spacial score (nSPS) is 17.1. The van der Waals surface area contributed by atoms with Crippen LogP contribution in [0.3, 0.4) is 0 Å². The monoisotopic (exact) mass is 397 g/mol. The summed E-state index contributed by atoms with van der Waals surface area (Å²) in [7, 11) is 0. The second-order valence-electron chi connectivity index (χ2n) is 7.94. The Bertz CT molecular complexity index is 855. The molecule has 2 aliphatic carbocycles. The van der Waals surface area contributed by atoms with Crippen molar-refractivity contribution in [3.63, 3.8) is 0 Å². The van der Waals surface area contributed by atoms with Gasteiger partial charge in [0, 0.05) is 24.3 Å². The zero-order chi connectivity index (χ0) is 19.3. The molecule has 1 heterocycles. The highest BCUT2D eigenvalue weighted by Crippen LogP contribution is 2.35. The van der Waals surface area contributed by atoms with E-state index in [0.29, 0.717) is 11.0 Å². The highest BCUT2D eigenvalue weighted by atomic mass is 32.1. The van der Waals surface area contributed by atoms with Gasteiger partial charge in [0.25, 0.3) is 0 Å². The van der Waals surface area contributed by atoms with Crippen LogP contribution in [-0.2, 0) is 17.6 Å². The lowest BCUT2D eigenvalue weighted by Crippen LogP contribution is -2.14. The summed E-state index contributed by atoms with van der Waals surface area (Å²) in [5.74, 6) is 0.351. The molecule has 6 heteroatoms. The Labute approximate surface area is 170 Å². The molecule has 0 spiro atoms. The second kappa shape index (κ2) is 8.95. The van der Waals surface area contributed by atoms with Crippen molar-refractivity contribution in [1.29, 1.82) is 0 Å². The van der Waals surface area contributed by atoms with Crippen LogP contribution in [0.5, 0.6) is 0 Å². The fourth-order valence-corrected chi connectivity index (χ4v) is 5.19. The van der Waals surface area contributed by atoms with E-state index < -0.39 is 0 Å². The van der Waals surface area contributed by atoms with E-state index in [2.05, 4.69) is 21.6 Å². The Hall–Kier alpha value is -2.08. The van der Waals surface area contributed by atoms with E-state index in [1.807, 2.05) is 12.1 Å². The zero-order valence-corrected chi connectivity index (χ0v) is 17.0. The number of hydrogen-bond acceptors (Lipinski definition) is 5. The van der Waals surface area contributed by atoms with Crippen LogP contribution in [0.4, 0.5) is 5.13 Å². The van der Waals surface area contributed by atoms with Gasteiger partial charge in [-0.3, -0.25) is 9.59 Å². The summed E-state index contributed by atoms with van der Waals surface area (Å²) in [4.78, 5) is 24.7. The summed E-state index contributed by atoms with van der Waals surface area (Å²) in [6.07, 6.45) is 11.1. The largest absolute Gasteiger partial charge is 0.301 e. The molecule has 28 heavy (non-hydrogen) atoms.